The monoisotopic (exact) mass is 370 g/mol. The highest BCUT2D eigenvalue weighted by molar-refractivity contribution is 5.81. The number of piperazine rings is 1. The van der Waals surface area contributed by atoms with E-state index in [0.29, 0.717) is 44.0 Å². The van der Waals surface area contributed by atoms with E-state index in [1.165, 1.54) is 0 Å². The molecule has 2 aliphatic heterocycles. The third-order valence-corrected chi connectivity index (χ3v) is 5.15. The number of benzene rings is 1. The van der Waals surface area contributed by atoms with Crippen LogP contribution in [-0.2, 0) is 9.59 Å². The molecule has 2 heterocycles. The van der Waals surface area contributed by atoms with Crippen LogP contribution in [0.4, 0.5) is 0 Å². The maximum Gasteiger partial charge on any atom is 0.263 e. The summed E-state index contributed by atoms with van der Waals surface area (Å²) >= 11 is 0. The Labute approximate surface area is 160 Å². The fourth-order valence-electron chi connectivity index (χ4n) is 3.50. The SMILES string of the molecule is CC(Oc1ccc(C#N)cc1)C(=O)N1CCN(CC(=O)N2CCCC2)CC1. The second-order valence-corrected chi connectivity index (χ2v) is 7.09. The maximum atomic E-state index is 12.6. The quantitative estimate of drug-likeness (QED) is 0.776. The fourth-order valence-corrected chi connectivity index (χ4v) is 3.50. The Bertz CT molecular complexity index is 699. The molecule has 1 atom stereocenters. The van der Waals surface area contributed by atoms with E-state index in [2.05, 4.69) is 11.0 Å². The normalized spacial score (nSPS) is 18.8. The molecule has 1 aromatic carbocycles. The number of hydrogen-bond acceptors (Lipinski definition) is 5. The van der Waals surface area contributed by atoms with Crippen LogP contribution in [-0.4, -0.2) is 78.4 Å². The fraction of sp³-hybridized carbons (Fsp3) is 0.550. The van der Waals surface area contributed by atoms with Gasteiger partial charge in [0.2, 0.25) is 5.91 Å². The third-order valence-electron chi connectivity index (χ3n) is 5.15. The Morgan fingerprint density at radius 1 is 1.04 bits per heavy atom. The molecule has 0 aliphatic carbocycles. The number of carbonyl (C=O) groups excluding carboxylic acids is 2. The predicted octanol–water partition coefficient (Wildman–Crippen LogP) is 1.09. The molecular formula is C20H26N4O3. The van der Waals surface area contributed by atoms with Gasteiger partial charge in [-0.2, -0.15) is 5.26 Å². The van der Waals surface area contributed by atoms with Gasteiger partial charge in [0.1, 0.15) is 5.75 Å². The number of carbonyl (C=O) groups is 2. The minimum Gasteiger partial charge on any atom is -0.481 e. The zero-order chi connectivity index (χ0) is 19.2. The van der Waals surface area contributed by atoms with Gasteiger partial charge in [-0.05, 0) is 44.0 Å². The molecule has 27 heavy (non-hydrogen) atoms. The highest BCUT2D eigenvalue weighted by Crippen LogP contribution is 2.15. The number of amides is 2. The van der Waals surface area contributed by atoms with E-state index in [1.807, 2.05) is 4.90 Å². The highest BCUT2D eigenvalue weighted by Gasteiger charge is 2.28. The van der Waals surface area contributed by atoms with E-state index in [-0.39, 0.29) is 11.8 Å². The van der Waals surface area contributed by atoms with Crippen molar-refractivity contribution in [1.82, 2.24) is 14.7 Å². The first-order valence-electron chi connectivity index (χ1n) is 9.52. The maximum absolute atomic E-state index is 12.6. The lowest BCUT2D eigenvalue weighted by atomic mass is 10.2. The van der Waals surface area contributed by atoms with Gasteiger partial charge in [-0.1, -0.05) is 0 Å². The number of likely N-dealkylation sites (tertiary alicyclic amines) is 1. The topological polar surface area (TPSA) is 76.9 Å². The van der Waals surface area contributed by atoms with Gasteiger partial charge in [-0.3, -0.25) is 14.5 Å². The first-order valence-corrected chi connectivity index (χ1v) is 9.52. The second-order valence-electron chi connectivity index (χ2n) is 7.09. The number of nitrogens with zero attached hydrogens (tertiary/aromatic N) is 4. The molecule has 7 nitrogen and oxygen atoms in total. The molecule has 0 radical (unpaired) electrons. The van der Waals surface area contributed by atoms with Crippen molar-refractivity contribution >= 4 is 11.8 Å². The van der Waals surface area contributed by atoms with Crippen LogP contribution >= 0.6 is 0 Å². The zero-order valence-corrected chi connectivity index (χ0v) is 15.8. The molecule has 144 valence electrons. The van der Waals surface area contributed by atoms with Crippen LogP contribution in [0.2, 0.25) is 0 Å². The minimum absolute atomic E-state index is 0.0510. The zero-order valence-electron chi connectivity index (χ0n) is 15.8. The van der Waals surface area contributed by atoms with Crippen LogP contribution < -0.4 is 4.74 Å². The van der Waals surface area contributed by atoms with Crippen molar-refractivity contribution in [3.8, 4) is 11.8 Å². The average molecular weight is 370 g/mol. The van der Waals surface area contributed by atoms with Crippen LogP contribution in [0.5, 0.6) is 5.75 Å². The molecule has 2 aliphatic rings. The Balaban J connectivity index is 1.44. The van der Waals surface area contributed by atoms with Crippen molar-refractivity contribution in [2.45, 2.75) is 25.9 Å². The molecule has 0 aromatic heterocycles. The summed E-state index contributed by atoms with van der Waals surface area (Å²) in [7, 11) is 0. The van der Waals surface area contributed by atoms with Crippen molar-refractivity contribution in [2.75, 3.05) is 45.8 Å². The van der Waals surface area contributed by atoms with Gasteiger partial charge in [-0.15, -0.1) is 0 Å². The average Bonchev–Trinajstić information content (AvgIpc) is 3.23. The number of rotatable bonds is 5. The summed E-state index contributed by atoms with van der Waals surface area (Å²) in [6.07, 6.45) is 1.62. The molecule has 2 saturated heterocycles. The van der Waals surface area contributed by atoms with Crippen LogP contribution in [0.3, 0.4) is 0 Å². The molecule has 3 rings (SSSR count). The van der Waals surface area contributed by atoms with Gasteiger partial charge in [0.15, 0.2) is 6.10 Å². The standard InChI is InChI=1S/C20H26N4O3/c1-16(27-18-6-4-17(14-21)5-7-18)20(26)24-12-10-22(11-13-24)15-19(25)23-8-2-3-9-23/h4-7,16H,2-3,8-13,15H2,1H3. The lowest BCUT2D eigenvalue weighted by Crippen LogP contribution is -2.53. The van der Waals surface area contributed by atoms with E-state index in [9.17, 15) is 9.59 Å². The Hall–Kier alpha value is -2.59. The highest BCUT2D eigenvalue weighted by atomic mass is 16.5. The molecule has 1 unspecified atom stereocenters. The van der Waals surface area contributed by atoms with Crippen LogP contribution in [0.1, 0.15) is 25.3 Å². The lowest BCUT2D eigenvalue weighted by molar-refractivity contribution is -0.140. The molecule has 1 aromatic rings. The summed E-state index contributed by atoms with van der Waals surface area (Å²) in [5.41, 5.74) is 0.556. The van der Waals surface area contributed by atoms with Gasteiger partial charge in [0.05, 0.1) is 18.2 Å². The number of nitriles is 1. The molecule has 0 bridgehead atoms. The van der Waals surface area contributed by atoms with Crippen molar-refractivity contribution in [2.24, 2.45) is 0 Å². The van der Waals surface area contributed by atoms with Gasteiger partial charge in [-0.25, -0.2) is 0 Å². The van der Waals surface area contributed by atoms with Crippen molar-refractivity contribution in [3.63, 3.8) is 0 Å². The predicted molar refractivity (Wildman–Crippen MR) is 100 cm³/mol. The van der Waals surface area contributed by atoms with Crippen LogP contribution in [0.25, 0.3) is 0 Å². The van der Waals surface area contributed by atoms with Crippen molar-refractivity contribution < 1.29 is 14.3 Å². The summed E-state index contributed by atoms with van der Waals surface area (Å²) in [4.78, 5) is 30.7. The Morgan fingerprint density at radius 3 is 2.26 bits per heavy atom. The number of hydrogen-bond donors (Lipinski definition) is 0. The van der Waals surface area contributed by atoms with E-state index < -0.39 is 6.10 Å². The summed E-state index contributed by atoms with van der Waals surface area (Å²) in [6, 6.07) is 8.79. The summed E-state index contributed by atoms with van der Waals surface area (Å²) < 4.78 is 5.71. The number of ether oxygens (including phenoxy) is 1. The molecular weight excluding hydrogens is 344 g/mol. The summed E-state index contributed by atoms with van der Waals surface area (Å²) in [6.45, 7) is 6.55. The summed E-state index contributed by atoms with van der Waals surface area (Å²) in [5.74, 6) is 0.722. The Kier molecular flexibility index (Phi) is 6.30. The molecule has 2 fully saturated rings. The smallest absolute Gasteiger partial charge is 0.263 e. The Morgan fingerprint density at radius 2 is 1.67 bits per heavy atom. The first-order chi connectivity index (χ1) is 13.1. The van der Waals surface area contributed by atoms with E-state index in [4.69, 9.17) is 10.00 Å². The largest absolute Gasteiger partial charge is 0.481 e. The van der Waals surface area contributed by atoms with Gasteiger partial charge >= 0.3 is 0 Å². The van der Waals surface area contributed by atoms with Crippen molar-refractivity contribution in [3.05, 3.63) is 29.8 Å². The molecule has 2 amide bonds. The van der Waals surface area contributed by atoms with Gasteiger partial charge in [0, 0.05) is 39.3 Å². The van der Waals surface area contributed by atoms with Gasteiger partial charge < -0.3 is 14.5 Å². The van der Waals surface area contributed by atoms with Crippen LogP contribution in [0.15, 0.2) is 24.3 Å². The van der Waals surface area contributed by atoms with Crippen molar-refractivity contribution in [1.29, 1.82) is 5.26 Å². The van der Waals surface area contributed by atoms with E-state index >= 15 is 0 Å². The van der Waals surface area contributed by atoms with E-state index in [1.54, 1.807) is 36.1 Å². The van der Waals surface area contributed by atoms with Crippen LogP contribution in [0, 0.1) is 11.3 Å². The lowest BCUT2D eigenvalue weighted by Gasteiger charge is -2.36. The molecule has 0 saturated carbocycles. The first kappa shape index (κ1) is 19.2. The third kappa shape index (κ3) is 4.98. The molecule has 0 spiro atoms. The van der Waals surface area contributed by atoms with E-state index in [0.717, 1.165) is 25.9 Å². The summed E-state index contributed by atoms with van der Waals surface area (Å²) in [5, 5.41) is 8.83. The van der Waals surface area contributed by atoms with Gasteiger partial charge in [0.25, 0.3) is 5.91 Å². The second kappa shape index (κ2) is 8.87. The molecule has 7 heteroatoms. The minimum atomic E-state index is -0.587. The molecule has 0 N–H and O–H groups in total.